The van der Waals surface area contributed by atoms with Crippen LogP contribution in [-0.4, -0.2) is 62.9 Å². The van der Waals surface area contributed by atoms with Crippen molar-refractivity contribution >= 4 is 5.91 Å². The van der Waals surface area contributed by atoms with Crippen LogP contribution in [0.2, 0.25) is 0 Å². The third kappa shape index (κ3) is 2.48. The van der Waals surface area contributed by atoms with Gasteiger partial charge < -0.3 is 19.7 Å². The van der Waals surface area contributed by atoms with Crippen LogP contribution in [0.3, 0.4) is 0 Å². The van der Waals surface area contributed by atoms with E-state index in [0.29, 0.717) is 26.3 Å². The Kier molecular flexibility index (Phi) is 3.56. The smallest absolute Gasteiger partial charge is 0.239 e. The van der Waals surface area contributed by atoms with Gasteiger partial charge in [-0.2, -0.15) is 0 Å². The lowest BCUT2D eigenvalue weighted by Crippen LogP contribution is -2.58. The molecule has 5 nitrogen and oxygen atoms in total. The van der Waals surface area contributed by atoms with Crippen LogP contribution in [0.25, 0.3) is 0 Å². The largest absolute Gasteiger partial charge is 0.382 e. The first-order valence-electron chi connectivity index (χ1n) is 5.44. The fourth-order valence-corrected chi connectivity index (χ4v) is 1.93. The molecule has 0 aromatic heterocycles. The molecule has 5 heteroatoms. The van der Waals surface area contributed by atoms with Crippen LogP contribution < -0.4 is 5.32 Å². The Labute approximate surface area is 89.7 Å². The lowest BCUT2D eigenvalue weighted by Gasteiger charge is -2.37. The van der Waals surface area contributed by atoms with Gasteiger partial charge in [-0.15, -0.1) is 0 Å². The monoisotopic (exact) mass is 214 g/mol. The Bertz CT molecular complexity index is 229. The number of methoxy groups -OCH3 is 1. The van der Waals surface area contributed by atoms with Crippen molar-refractivity contribution in [2.24, 2.45) is 0 Å². The van der Waals surface area contributed by atoms with Crippen molar-refractivity contribution in [2.75, 3.05) is 40.0 Å². The molecule has 2 saturated heterocycles. The third-order valence-electron chi connectivity index (χ3n) is 2.92. The molecule has 0 radical (unpaired) electrons. The number of carbonyl (C=O) groups excluding carboxylic acids is 1. The van der Waals surface area contributed by atoms with Crippen molar-refractivity contribution < 1.29 is 14.3 Å². The van der Waals surface area contributed by atoms with E-state index in [1.165, 1.54) is 0 Å². The van der Waals surface area contributed by atoms with Gasteiger partial charge in [0.2, 0.25) is 5.91 Å². The van der Waals surface area contributed by atoms with Crippen LogP contribution in [0, 0.1) is 0 Å². The second-order valence-electron chi connectivity index (χ2n) is 4.03. The van der Waals surface area contributed by atoms with Crippen LogP contribution in [0.5, 0.6) is 0 Å². The summed E-state index contributed by atoms with van der Waals surface area (Å²) >= 11 is 0. The van der Waals surface area contributed by atoms with Gasteiger partial charge in [0.15, 0.2) is 0 Å². The lowest BCUT2D eigenvalue weighted by atomic mass is 10.1. The van der Waals surface area contributed by atoms with Gasteiger partial charge >= 0.3 is 0 Å². The maximum Gasteiger partial charge on any atom is 0.239 e. The number of amides is 1. The van der Waals surface area contributed by atoms with E-state index < -0.39 is 0 Å². The first-order chi connectivity index (χ1) is 7.31. The summed E-state index contributed by atoms with van der Waals surface area (Å²) in [6.07, 6.45) is 0.998. The molecule has 1 unspecified atom stereocenters. The molecule has 0 bridgehead atoms. The number of nitrogens with zero attached hydrogens (tertiary/aromatic N) is 1. The van der Waals surface area contributed by atoms with E-state index in [0.717, 1.165) is 13.0 Å². The van der Waals surface area contributed by atoms with E-state index in [4.69, 9.17) is 9.47 Å². The minimum Gasteiger partial charge on any atom is -0.382 e. The molecule has 86 valence electrons. The molecule has 0 aliphatic carbocycles. The van der Waals surface area contributed by atoms with Crippen LogP contribution >= 0.6 is 0 Å². The zero-order valence-electron chi connectivity index (χ0n) is 9.07. The highest BCUT2D eigenvalue weighted by molar-refractivity contribution is 5.82. The van der Waals surface area contributed by atoms with Crippen LogP contribution in [0.1, 0.15) is 6.42 Å². The minimum absolute atomic E-state index is 0.0350. The number of hydrogen-bond donors (Lipinski definition) is 1. The highest BCUT2D eigenvalue weighted by atomic mass is 16.5. The molecule has 2 heterocycles. The van der Waals surface area contributed by atoms with Gasteiger partial charge in [-0.1, -0.05) is 0 Å². The summed E-state index contributed by atoms with van der Waals surface area (Å²) in [6.45, 7) is 3.50. The molecule has 2 aliphatic heterocycles. The van der Waals surface area contributed by atoms with Crippen molar-refractivity contribution in [2.45, 2.75) is 18.6 Å². The summed E-state index contributed by atoms with van der Waals surface area (Å²) in [5.74, 6) is 0.214. The Morgan fingerprint density at radius 2 is 2.47 bits per heavy atom. The van der Waals surface area contributed by atoms with Crippen molar-refractivity contribution in [3.8, 4) is 0 Å². The summed E-state index contributed by atoms with van der Waals surface area (Å²) in [5, 5.41) is 3.13. The maximum atomic E-state index is 11.9. The Morgan fingerprint density at radius 1 is 1.67 bits per heavy atom. The van der Waals surface area contributed by atoms with Gasteiger partial charge in [0, 0.05) is 20.2 Å². The predicted octanol–water partition coefficient (Wildman–Crippen LogP) is -0.778. The highest BCUT2D eigenvalue weighted by Gasteiger charge is 2.32. The number of hydrogen-bond acceptors (Lipinski definition) is 4. The molecule has 0 spiro atoms. The normalized spacial score (nSPS) is 31.1. The number of carbonyl (C=O) groups is 1. The van der Waals surface area contributed by atoms with Crippen molar-refractivity contribution in [1.82, 2.24) is 10.2 Å². The molecular weight excluding hydrogens is 196 g/mol. The van der Waals surface area contributed by atoms with Crippen LogP contribution in [0.4, 0.5) is 0 Å². The van der Waals surface area contributed by atoms with E-state index in [9.17, 15) is 4.79 Å². The lowest BCUT2D eigenvalue weighted by molar-refractivity contribution is -0.144. The van der Waals surface area contributed by atoms with E-state index in [-0.39, 0.29) is 18.1 Å². The molecule has 0 saturated carbocycles. The SMILES string of the molecule is COCC1CN(C(=O)[C@H]2CCN2)CCO1. The van der Waals surface area contributed by atoms with Gasteiger partial charge in [0.25, 0.3) is 0 Å². The average Bonchev–Trinajstić information content (AvgIpc) is 2.16. The molecule has 2 aliphatic rings. The van der Waals surface area contributed by atoms with E-state index in [2.05, 4.69) is 5.32 Å². The topological polar surface area (TPSA) is 50.8 Å². The maximum absolute atomic E-state index is 11.9. The Morgan fingerprint density at radius 3 is 3.07 bits per heavy atom. The van der Waals surface area contributed by atoms with Crippen molar-refractivity contribution in [3.05, 3.63) is 0 Å². The second-order valence-corrected chi connectivity index (χ2v) is 4.03. The molecule has 2 rings (SSSR count). The number of morpholine rings is 1. The standard InChI is InChI=1S/C10H18N2O3/c1-14-7-8-6-12(4-5-15-8)10(13)9-2-3-11-9/h8-9,11H,2-7H2,1H3/t8?,9-/m1/s1. The van der Waals surface area contributed by atoms with Gasteiger partial charge in [-0.3, -0.25) is 4.79 Å². The quantitative estimate of drug-likeness (QED) is 0.670. The zero-order valence-corrected chi connectivity index (χ0v) is 9.07. The molecule has 2 fully saturated rings. The molecule has 15 heavy (non-hydrogen) atoms. The number of ether oxygens (including phenoxy) is 2. The van der Waals surface area contributed by atoms with Gasteiger partial charge in [-0.25, -0.2) is 0 Å². The first-order valence-corrected chi connectivity index (χ1v) is 5.44. The second kappa shape index (κ2) is 4.92. The van der Waals surface area contributed by atoms with Gasteiger partial charge in [0.05, 0.1) is 25.4 Å². The first kappa shape index (κ1) is 10.9. The summed E-state index contributed by atoms with van der Waals surface area (Å²) in [5.41, 5.74) is 0. The van der Waals surface area contributed by atoms with Crippen molar-refractivity contribution in [3.63, 3.8) is 0 Å². The number of rotatable bonds is 3. The van der Waals surface area contributed by atoms with Crippen molar-refractivity contribution in [1.29, 1.82) is 0 Å². The van der Waals surface area contributed by atoms with E-state index in [1.807, 2.05) is 4.90 Å². The summed E-state index contributed by atoms with van der Waals surface area (Å²) in [6, 6.07) is 0.0475. The van der Waals surface area contributed by atoms with E-state index >= 15 is 0 Å². The van der Waals surface area contributed by atoms with Crippen LogP contribution in [0.15, 0.2) is 0 Å². The fraction of sp³-hybridized carbons (Fsp3) is 0.900. The molecular formula is C10H18N2O3. The zero-order chi connectivity index (χ0) is 10.7. The average molecular weight is 214 g/mol. The summed E-state index contributed by atoms with van der Waals surface area (Å²) < 4.78 is 10.5. The predicted molar refractivity (Wildman–Crippen MR) is 54.6 cm³/mol. The van der Waals surface area contributed by atoms with E-state index in [1.54, 1.807) is 7.11 Å². The molecule has 1 N–H and O–H groups in total. The molecule has 1 amide bonds. The molecule has 2 atom stereocenters. The third-order valence-corrected chi connectivity index (χ3v) is 2.92. The highest BCUT2D eigenvalue weighted by Crippen LogP contribution is 2.11. The van der Waals surface area contributed by atoms with Gasteiger partial charge in [-0.05, 0) is 13.0 Å². The molecule has 0 aromatic carbocycles. The summed E-state index contributed by atoms with van der Waals surface area (Å²) in [4.78, 5) is 13.8. The minimum atomic E-state index is 0.0350. The van der Waals surface area contributed by atoms with Crippen LogP contribution in [-0.2, 0) is 14.3 Å². The summed E-state index contributed by atoms with van der Waals surface area (Å²) in [7, 11) is 1.65. The fourth-order valence-electron chi connectivity index (χ4n) is 1.93. The Balaban J connectivity index is 1.83. The Hall–Kier alpha value is -0.650. The number of nitrogens with one attached hydrogen (secondary N) is 1. The van der Waals surface area contributed by atoms with Gasteiger partial charge in [0.1, 0.15) is 0 Å². The molecule has 0 aromatic rings.